The molecule has 0 aliphatic heterocycles. The summed E-state index contributed by atoms with van der Waals surface area (Å²) >= 11 is 1.68. The minimum atomic E-state index is 0.619. The first-order valence-corrected chi connectivity index (χ1v) is 7.88. The van der Waals surface area contributed by atoms with E-state index >= 15 is 0 Å². The second-order valence-corrected chi connectivity index (χ2v) is 6.16. The Balaban J connectivity index is 1.72. The molecule has 0 amide bonds. The third-order valence-electron chi connectivity index (χ3n) is 3.70. The van der Waals surface area contributed by atoms with E-state index in [9.17, 15) is 0 Å². The van der Waals surface area contributed by atoms with Crippen molar-refractivity contribution in [3.63, 3.8) is 0 Å². The zero-order valence-corrected chi connectivity index (χ0v) is 12.1. The molecule has 1 aliphatic carbocycles. The van der Waals surface area contributed by atoms with Crippen molar-refractivity contribution >= 4 is 17.3 Å². The van der Waals surface area contributed by atoms with Gasteiger partial charge in [-0.1, -0.05) is 19.3 Å². The van der Waals surface area contributed by atoms with E-state index in [1.807, 2.05) is 11.6 Å². The largest absolute Gasteiger partial charge is 0.349 e. The predicted molar refractivity (Wildman–Crippen MR) is 78.5 cm³/mol. The molecule has 2 aromatic rings. The minimum Gasteiger partial charge on any atom is -0.349 e. The van der Waals surface area contributed by atoms with Crippen molar-refractivity contribution in [1.82, 2.24) is 14.5 Å². The van der Waals surface area contributed by atoms with E-state index in [2.05, 4.69) is 33.0 Å². The van der Waals surface area contributed by atoms with E-state index in [1.165, 1.54) is 32.1 Å². The van der Waals surface area contributed by atoms with E-state index in [0.717, 1.165) is 23.2 Å². The molecule has 0 unspecified atom stereocenters. The number of hydrogen-bond acceptors (Lipinski definition) is 4. The highest BCUT2D eigenvalue weighted by Crippen LogP contribution is 2.30. The van der Waals surface area contributed by atoms with Crippen molar-refractivity contribution in [2.45, 2.75) is 51.6 Å². The fourth-order valence-corrected chi connectivity index (χ4v) is 3.34. The van der Waals surface area contributed by atoms with Crippen LogP contribution in [0.1, 0.15) is 48.8 Å². The molecule has 1 aliphatic rings. The van der Waals surface area contributed by atoms with E-state index in [-0.39, 0.29) is 0 Å². The lowest BCUT2D eigenvalue weighted by Crippen LogP contribution is -2.15. The molecule has 0 radical (unpaired) electrons. The Morgan fingerprint density at radius 3 is 2.95 bits per heavy atom. The summed E-state index contributed by atoms with van der Waals surface area (Å²) in [5.41, 5.74) is 1.09. The third kappa shape index (κ3) is 2.97. The Labute approximate surface area is 117 Å². The Morgan fingerprint density at radius 1 is 1.37 bits per heavy atom. The zero-order valence-electron chi connectivity index (χ0n) is 11.3. The number of hydrogen-bond donors (Lipinski definition) is 1. The maximum atomic E-state index is 4.61. The molecule has 1 saturated carbocycles. The van der Waals surface area contributed by atoms with E-state index < -0.39 is 0 Å². The number of rotatable bonds is 4. The van der Waals surface area contributed by atoms with Crippen LogP contribution in [0.25, 0.3) is 0 Å². The summed E-state index contributed by atoms with van der Waals surface area (Å²) in [5, 5.41) is 6.55. The van der Waals surface area contributed by atoms with Gasteiger partial charge in [0.25, 0.3) is 0 Å². The van der Waals surface area contributed by atoms with Gasteiger partial charge in [0.2, 0.25) is 5.95 Å². The van der Waals surface area contributed by atoms with Crippen molar-refractivity contribution in [2.24, 2.45) is 0 Å². The lowest BCUT2D eigenvalue weighted by atomic mass is 9.95. The molecule has 1 fully saturated rings. The van der Waals surface area contributed by atoms with Gasteiger partial charge in [-0.2, -0.15) is 0 Å². The van der Waals surface area contributed by atoms with Crippen LogP contribution < -0.4 is 5.32 Å². The number of nitrogens with one attached hydrogen (secondary N) is 1. The van der Waals surface area contributed by atoms with Gasteiger partial charge in [0, 0.05) is 23.8 Å². The first-order chi connectivity index (χ1) is 9.33. The summed E-state index contributed by atoms with van der Waals surface area (Å²) in [7, 11) is 0. The van der Waals surface area contributed by atoms with Gasteiger partial charge in [0.05, 0.1) is 12.2 Å². The summed E-state index contributed by atoms with van der Waals surface area (Å²) in [5.74, 6) is 1.000. The van der Waals surface area contributed by atoms with Crippen molar-refractivity contribution < 1.29 is 0 Å². The van der Waals surface area contributed by atoms with Gasteiger partial charge in [0.15, 0.2) is 0 Å². The first kappa shape index (κ1) is 12.7. The van der Waals surface area contributed by atoms with Crippen LogP contribution in [0.4, 0.5) is 5.95 Å². The topological polar surface area (TPSA) is 42.7 Å². The van der Waals surface area contributed by atoms with Crippen molar-refractivity contribution in [2.75, 3.05) is 5.32 Å². The van der Waals surface area contributed by atoms with Crippen LogP contribution in [0, 0.1) is 6.92 Å². The predicted octanol–water partition coefficient (Wildman–Crippen LogP) is 3.77. The van der Waals surface area contributed by atoms with Gasteiger partial charge >= 0.3 is 0 Å². The molecule has 1 N–H and O–H groups in total. The first-order valence-electron chi connectivity index (χ1n) is 7.00. The van der Waals surface area contributed by atoms with E-state index in [4.69, 9.17) is 0 Å². The lowest BCUT2D eigenvalue weighted by molar-refractivity contribution is 0.355. The SMILES string of the molecule is Cc1cn(C2CCCCC2)c(NCc2nccs2)n1. The second-order valence-electron chi connectivity index (χ2n) is 5.18. The quantitative estimate of drug-likeness (QED) is 0.924. The van der Waals surface area contributed by atoms with Crippen LogP contribution >= 0.6 is 11.3 Å². The summed E-state index contributed by atoms with van der Waals surface area (Å²) in [4.78, 5) is 8.91. The Hall–Kier alpha value is -1.36. The minimum absolute atomic E-state index is 0.619. The van der Waals surface area contributed by atoms with Crippen molar-refractivity contribution in [3.8, 4) is 0 Å². The molecule has 2 heterocycles. The molecule has 102 valence electrons. The number of anilines is 1. The fourth-order valence-electron chi connectivity index (χ4n) is 2.78. The maximum absolute atomic E-state index is 4.61. The summed E-state index contributed by atoms with van der Waals surface area (Å²) < 4.78 is 2.34. The summed E-state index contributed by atoms with van der Waals surface area (Å²) in [6, 6.07) is 0.619. The molecule has 3 rings (SSSR count). The number of aryl methyl sites for hydroxylation is 1. The number of imidazole rings is 1. The highest BCUT2D eigenvalue weighted by Gasteiger charge is 2.18. The average Bonchev–Trinajstić information content (AvgIpc) is 3.06. The fraction of sp³-hybridized carbons (Fsp3) is 0.571. The van der Waals surface area contributed by atoms with Crippen LogP contribution in [0.3, 0.4) is 0 Å². The van der Waals surface area contributed by atoms with Crippen LogP contribution in [0.2, 0.25) is 0 Å². The molecule has 0 atom stereocenters. The second kappa shape index (κ2) is 5.74. The van der Waals surface area contributed by atoms with E-state index in [1.54, 1.807) is 11.3 Å². The van der Waals surface area contributed by atoms with Crippen LogP contribution in [-0.4, -0.2) is 14.5 Å². The Kier molecular flexibility index (Phi) is 3.82. The lowest BCUT2D eigenvalue weighted by Gasteiger charge is -2.24. The standard InChI is InChI=1S/C14H20N4S/c1-11-10-18(12-5-3-2-4-6-12)14(17-11)16-9-13-15-7-8-19-13/h7-8,10,12H,2-6,9H2,1H3,(H,16,17). The normalized spacial score (nSPS) is 16.7. The van der Waals surface area contributed by atoms with Gasteiger partial charge in [-0.25, -0.2) is 9.97 Å². The summed E-state index contributed by atoms with van der Waals surface area (Å²) in [6.07, 6.45) is 10.7. The molecular weight excluding hydrogens is 256 g/mol. The Bertz CT molecular complexity index is 512. The molecule has 2 aromatic heterocycles. The zero-order chi connectivity index (χ0) is 13.1. The smallest absolute Gasteiger partial charge is 0.203 e. The van der Waals surface area contributed by atoms with Crippen molar-refractivity contribution in [3.05, 3.63) is 28.5 Å². The summed E-state index contributed by atoms with van der Waals surface area (Å²) in [6.45, 7) is 2.83. The number of nitrogens with zero attached hydrogens (tertiary/aromatic N) is 3. The van der Waals surface area contributed by atoms with Crippen LogP contribution in [-0.2, 0) is 6.54 Å². The highest BCUT2D eigenvalue weighted by atomic mass is 32.1. The molecular formula is C14H20N4S. The third-order valence-corrected chi connectivity index (χ3v) is 4.48. The van der Waals surface area contributed by atoms with Gasteiger partial charge in [-0.3, -0.25) is 0 Å². The monoisotopic (exact) mass is 276 g/mol. The molecule has 4 nitrogen and oxygen atoms in total. The number of thiazole rings is 1. The van der Waals surface area contributed by atoms with Crippen LogP contribution in [0.5, 0.6) is 0 Å². The van der Waals surface area contributed by atoms with Crippen molar-refractivity contribution in [1.29, 1.82) is 0 Å². The molecule has 0 spiro atoms. The van der Waals surface area contributed by atoms with Crippen LogP contribution in [0.15, 0.2) is 17.8 Å². The number of aromatic nitrogens is 3. The highest BCUT2D eigenvalue weighted by molar-refractivity contribution is 7.09. The van der Waals surface area contributed by atoms with E-state index in [0.29, 0.717) is 6.04 Å². The molecule has 0 bridgehead atoms. The molecule has 19 heavy (non-hydrogen) atoms. The van der Waals surface area contributed by atoms with Gasteiger partial charge < -0.3 is 9.88 Å². The van der Waals surface area contributed by atoms with Gasteiger partial charge in [0.1, 0.15) is 5.01 Å². The van der Waals surface area contributed by atoms with Gasteiger partial charge in [-0.15, -0.1) is 11.3 Å². The average molecular weight is 276 g/mol. The Morgan fingerprint density at radius 2 is 2.21 bits per heavy atom. The maximum Gasteiger partial charge on any atom is 0.203 e. The molecule has 5 heteroatoms. The molecule has 0 aromatic carbocycles. The molecule has 0 saturated heterocycles. The van der Waals surface area contributed by atoms with Gasteiger partial charge in [-0.05, 0) is 19.8 Å².